The molecule has 0 saturated carbocycles. The number of likely N-dealkylation sites (tertiary alicyclic amines) is 1. The number of rotatable bonds is 5. The molecule has 7 nitrogen and oxygen atoms in total. The van der Waals surface area contributed by atoms with Gasteiger partial charge in [0, 0.05) is 38.3 Å². The van der Waals surface area contributed by atoms with E-state index in [1.807, 2.05) is 38.1 Å². The van der Waals surface area contributed by atoms with E-state index in [1.54, 1.807) is 19.0 Å². The Balaban J connectivity index is 1.74. The van der Waals surface area contributed by atoms with Crippen LogP contribution in [0.25, 0.3) is 0 Å². The number of nitrogens with zero attached hydrogens (tertiary/aromatic N) is 5. The van der Waals surface area contributed by atoms with Gasteiger partial charge in [-0.2, -0.15) is 0 Å². The molecule has 1 amide bonds. The second kappa shape index (κ2) is 8.43. The Morgan fingerprint density at radius 1 is 1.22 bits per heavy atom. The second-order valence-corrected chi connectivity index (χ2v) is 7.38. The van der Waals surface area contributed by atoms with E-state index in [4.69, 9.17) is 0 Å². The largest absolute Gasteiger partial charge is 0.348 e. The van der Waals surface area contributed by atoms with Crippen LogP contribution in [0.2, 0.25) is 0 Å². The average molecular weight is 368 g/mol. The Bertz CT molecular complexity index is 807. The molecule has 2 aromatic heterocycles. The minimum absolute atomic E-state index is 0.141. The van der Waals surface area contributed by atoms with Crippen molar-refractivity contribution in [2.75, 3.05) is 39.0 Å². The first kappa shape index (κ1) is 19.2. The molecule has 2 aromatic rings. The Labute approximate surface area is 160 Å². The number of carbonyl (C=O) groups is 1. The Kier molecular flexibility index (Phi) is 6.01. The summed E-state index contributed by atoms with van der Waals surface area (Å²) in [5.74, 6) is 2.73. The summed E-state index contributed by atoms with van der Waals surface area (Å²) < 4.78 is 0. The number of piperidine rings is 1. The van der Waals surface area contributed by atoms with Gasteiger partial charge in [0.25, 0.3) is 0 Å². The monoisotopic (exact) mass is 368 g/mol. The highest BCUT2D eigenvalue weighted by Crippen LogP contribution is 2.27. The van der Waals surface area contributed by atoms with Crippen LogP contribution in [0.4, 0.5) is 11.6 Å². The summed E-state index contributed by atoms with van der Waals surface area (Å²) in [6, 6.07) is 7.88. The predicted octanol–water partition coefficient (Wildman–Crippen LogP) is 2.50. The van der Waals surface area contributed by atoms with Gasteiger partial charge in [-0.1, -0.05) is 6.07 Å². The molecule has 0 aromatic carbocycles. The molecule has 3 heterocycles. The molecular weight excluding hydrogens is 340 g/mol. The van der Waals surface area contributed by atoms with Gasteiger partial charge in [-0.3, -0.25) is 9.69 Å². The zero-order valence-corrected chi connectivity index (χ0v) is 16.6. The summed E-state index contributed by atoms with van der Waals surface area (Å²) in [5, 5.41) is 3.29. The number of hydrogen-bond acceptors (Lipinski definition) is 6. The first-order valence-corrected chi connectivity index (χ1v) is 9.39. The lowest BCUT2D eigenvalue weighted by atomic mass is 9.94. The maximum Gasteiger partial charge on any atom is 0.236 e. The van der Waals surface area contributed by atoms with E-state index >= 15 is 0 Å². The summed E-state index contributed by atoms with van der Waals surface area (Å²) in [5.41, 5.74) is 1.99. The van der Waals surface area contributed by atoms with Crippen LogP contribution in [-0.2, 0) is 4.79 Å². The highest BCUT2D eigenvalue weighted by molar-refractivity contribution is 5.77. The number of aromatic nitrogens is 3. The molecule has 0 radical (unpaired) electrons. The number of hydrogen-bond donors (Lipinski definition) is 1. The number of aryl methyl sites for hydroxylation is 2. The number of likely N-dealkylation sites (N-methyl/N-ethyl adjacent to an activating group) is 1. The maximum absolute atomic E-state index is 12.0. The lowest BCUT2D eigenvalue weighted by molar-refractivity contribution is -0.130. The van der Waals surface area contributed by atoms with Crippen LogP contribution < -0.4 is 5.32 Å². The van der Waals surface area contributed by atoms with Crippen molar-refractivity contribution in [1.29, 1.82) is 0 Å². The first-order valence-electron chi connectivity index (χ1n) is 9.39. The zero-order chi connectivity index (χ0) is 19.4. The number of anilines is 2. The quantitative estimate of drug-likeness (QED) is 0.874. The van der Waals surface area contributed by atoms with Crippen molar-refractivity contribution in [3.63, 3.8) is 0 Å². The Hall–Kier alpha value is -2.54. The van der Waals surface area contributed by atoms with Gasteiger partial charge >= 0.3 is 0 Å². The van der Waals surface area contributed by atoms with E-state index in [-0.39, 0.29) is 5.91 Å². The molecule has 0 bridgehead atoms. The van der Waals surface area contributed by atoms with Gasteiger partial charge in [0.2, 0.25) is 5.91 Å². The molecule has 1 fully saturated rings. The average Bonchev–Trinajstić information content (AvgIpc) is 2.61. The topological polar surface area (TPSA) is 74.2 Å². The molecule has 7 heteroatoms. The lowest BCUT2D eigenvalue weighted by Gasteiger charge is -2.32. The molecule has 144 valence electrons. The molecule has 0 aliphatic carbocycles. The molecule has 3 rings (SSSR count). The van der Waals surface area contributed by atoms with Crippen LogP contribution in [0.1, 0.15) is 36.0 Å². The Morgan fingerprint density at radius 2 is 2.04 bits per heavy atom. The van der Waals surface area contributed by atoms with Crippen molar-refractivity contribution in [3.05, 3.63) is 41.5 Å². The van der Waals surface area contributed by atoms with Gasteiger partial charge in [-0.05, 0) is 45.4 Å². The summed E-state index contributed by atoms with van der Waals surface area (Å²) >= 11 is 0. The van der Waals surface area contributed by atoms with Crippen molar-refractivity contribution in [3.8, 4) is 0 Å². The third-order valence-corrected chi connectivity index (χ3v) is 4.78. The fraction of sp³-hybridized carbons (Fsp3) is 0.500. The van der Waals surface area contributed by atoms with Crippen LogP contribution in [0.5, 0.6) is 0 Å². The Morgan fingerprint density at radius 3 is 2.78 bits per heavy atom. The van der Waals surface area contributed by atoms with Gasteiger partial charge in [-0.25, -0.2) is 15.0 Å². The molecule has 0 spiro atoms. The molecule has 1 atom stereocenters. The van der Waals surface area contributed by atoms with Crippen molar-refractivity contribution in [2.24, 2.45) is 0 Å². The van der Waals surface area contributed by atoms with Crippen LogP contribution >= 0.6 is 0 Å². The van der Waals surface area contributed by atoms with Gasteiger partial charge in [0.1, 0.15) is 17.5 Å². The summed E-state index contributed by atoms with van der Waals surface area (Å²) in [4.78, 5) is 29.6. The second-order valence-electron chi connectivity index (χ2n) is 7.38. The lowest BCUT2D eigenvalue weighted by Crippen LogP contribution is -2.41. The van der Waals surface area contributed by atoms with E-state index in [1.165, 1.54) is 0 Å². The fourth-order valence-corrected chi connectivity index (χ4v) is 3.38. The highest BCUT2D eigenvalue weighted by atomic mass is 16.2. The van der Waals surface area contributed by atoms with E-state index < -0.39 is 0 Å². The number of nitrogens with one attached hydrogen (secondary N) is 1. The highest BCUT2D eigenvalue weighted by Gasteiger charge is 2.25. The summed E-state index contributed by atoms with van der Waals surface area (Å²) in [6.45, 7) is 6.14. The van der Waals surface area contributed by atoms with Gasteiger partial charge in [0.15, 0.2) is 0 Å². The maximum atomic E-state index is 12.0. The van der Waals surface area contributed by atoms with E-state index in [2.05, 4.69) is 25.2 Å². The molecule has 1 aliphatic rings. The van der Waals surface area contributed by atoms with Gasteiger partial charge in [-0.15, -0.1) is 0 Å². The predicted molar refractivity (Wildman–Crippen MR) is 106 cm³/mol. The fourth-order valence-electron chi connectivity index (χ4n) is 3.38. The van der Waals surface area contributed by atoms with E-state index in [0.29, 0.717) is 12.5 Å². The number of pyridine rings is 1. The third kappa shape index (κ3) is 5.23. The van der Waals surface area contributed by atoms with Crippen LogP contribution in [0, 0.1) is 13.8 Å². The van der Waals surface area contributed by atoms with Crippen molar-refractivity contribution in [2.45, 2.75) is 32.6 Å². The third-order valence-electron chi connectivity index (χ3n) is 4.78. The van der Waals surface area contributed by atoms with Crippen molar-refractivity contribution >= 4 is 17.5 Å². The minimum Gasteiger partial charge on any atom is -0.348 e. The SMILES string of the molecule is Cc1cccc(Nc2cc([C@H]3CCCN(CC(=O)N(C)C)C3)nc(C)n2)n1. The normalized spacial score (nSPS) is 17.6. The van der Waals surface area contributed by atoms with Gasteiger partial charge in [0.05, 0.1) is 12.2 Å². The van der Waals surface area contributed by atoms with Crippen LogP contribution in [0.15, 0.2) is 24.3 Å². The molecule has 0 unspecified atom stereocenters. The summed E-state index contributed by atoms with van der Waals surface area (Å²) in [6.07, 6.45) is 2.14. The molecule has 1 aliphatic heterocycles. The van der Waals surface area contributed by atoms with E-state index in [9.17, 15) is 4.79 Å². The minimum atomic E-state index is 0.141. The van der Waals surface area contributed by atoms with Crippen LogP contribution in [0.3, 0.4) is 0 Å². The molecular formula is C20H28N6O. The first-order chi connectivity index (χ1) is 12.9. The number of amides is 1. The van der Waals surface area contributed by atoms with Gasteiger partial charge < -0.3 is 10.2 Å². The van der Waals surface area contributed by atoms with Crippen molar-refractivity contribution in [1.82, 2.24) is 24.8 Å². The zero-order valence-electron chi connectivity index (χ0n) is 16.6. The van der Waals surface area contributed by atoms with E-state index in [0.717, 1.165) is 54.8 Å². The molecule has 1 saturated heterocycles. The molecule has 27 heavy (non-hydrogen) atoms. The standard InChI is InChI=1S/C20H28N6O/c1-14-7-5-9-18(21-14)24-19-11-17(22-15(2)23-19)16-8-6-10-26(12-16)13-20(27)25(3)4/h5,7,9,11,16H,6,8,10,12-13H2,1-4H3,(H,21,22,23,24)/t16-/m0/s1. The molecule has 1 N–H and O–H groups in total. The summed E-state index contributed by atoms with van der Waals surface area (Å²) in [7, 11) is 3.60. The van der Waals surface area contributed by atoms with Crippen molar-refractivity contribution < 1.29 is 4.79 Å². The van der Waals surface area contributed by atoms with Crippen LogP contribution in [-0.4, -0.2) is 64.4 Å². The smallest absolute Gasteiger partial charge is 0.236 e. The number of carbonyl (C=O) groups excluding carboxylic acids is 1.